The molecule has 5 atom stereocenters. The van der Waals surface area contributed by atoms with E-state index in [1.54, 1.807) is 4.90 Å². The maximum absolute atomic E-state index is 13.4. The van der Waals surface area contributed by atoms with Crippen LogP contribution in [0.25, 0.3) is 0 Å². The van der Waals surface area contributed by atoms with Crippen molar-refractivity contribution in [2.24, 2.45) is 5.92 Å². The Labute approximate surface area is 232 Å². The summed E-state index contributed by atoms with van der Waals surface area (Å²) in [5, 5.41) is 11.2. The third kappa shape index (κ3) is 3.77. The van der Waals surface area contributed by atoms with Crippen LogP contribution in [0.2, 0.25) is 0 Å². The number of hydrogen-bond acceptors (Lipinski definition) is 5. The van der Waals surface area contributed by atoms with Crippen LogP contribution in [-0.4, -0.2) is 73.2 Å². The molecular weight excluding hydrogens is 486 g/mol. The lowest BCUT2D eigenvalue weighted by Crippen LogP contribution is -2.68. The zero-order chi connectivity index (χ0) is 27.6. The van der Waals surface area contributed by atoms with Crippen molar-refractivity contribution in [3.8, 4) is 23.3 Å². The van der Waals surface area contributed by atoms with Gasteiger partial charge >= 0.3 is 0 Å². The molecule has 6 nitrogen and oxygen atoms in total. The number of piperidine rings is 1. The van der Waals surface area contributed by atoms with Gasteiger partial charge in [0, 0.05) is 67.9 Å². The van der Waals surface area contributed by atoms with E-state index < -0.39 is 0 Å². The first-order chi connectivity index (χ1) is 18.7. The van der Waals surface area contributed by atoms with Crippen LogP contribution in [0, 0.1) is 31.6 Å². The van der Waals surface area contributed by atoms with Gasteiger partial charge in [-0.15, -0.1) is 6.58 Å². The van der Waals surface area contributed by atoms with Gasteiger partial charge in [-0.3, -0.25) is 9.69 Å². The monoisotopic (exact) mass is 525 g/mol. The summed E-state index contributed by atoms with van der Waals surface area (Å²) in [6.07, 6.45) is 5.55. The number of likely N-dealkylation sites (tertiary alicyclic amines) is 1. The summed E-state index contributed by atoms with van der Waals surface area (Å²) in [4.78, 5) is 19.9. The van der Waals surface area contributed by atoms with E-state index in [2.05, 4.69) is 42.1 Å². The van der Waals surface area contributed by atoms with Crippen molar-refractivity contribution in [1.29, 1.82) is 0 Å². The van der Waals surface area contributed by atoms with E-state index in [4.69, 9.17) is 4.74 Å². The van der Waals surface area contributed by atoms with Gasteiger partial charge in [-0.25, -0.2) is 0 Å². The average molecular weight is 526 g/mol. The third-order valence-corrected chi connectivity index (χ3v) is 9.99. The first kappa shape index (κ1) is 25.8. The topological polar surface area (TPSA) is 56.2 Å². The summed E-state index contributed by atoms with van der Waals surface area (Å²) in [5.41, 5.74) is 6.54. The molecule has 1 amide bonds. The number of rotatable bonds is 4. The van der Waals surface area contributed by atoms with Gasteiger partial charge < -0.3 is 19.6 Å². The molecule has 6 heteroatoms. The molecule has 0 radical (unpaired) electrons. The minimum atomic E-state index is -0.228. The Bertz CT molecular complexity index is 1420. The Morgan fingerprint density at radius 2 is 2.03 bits per heavy atom. The molecule has 2 aliphatic carbocycles. The molecule has 6 rings (SSSR count). The van der Waals surface area contributed by atoms with E-state index in [0.717, 1.165) is 50.0 Å². The summed E-state index contributed by atoms with van der Waals surface area (Å²) in [6, 6.07) is 8.17. The Morgan fingerprint density at radius 1 is 1.23 bits per heavy atom. The molecule has 1 saturated heterocycles. The lowest BCUT2D eigenvalue weighted by atomic mass is 9.50. The van der Waals surface area contributed by atoms with Crippen LogP contribution in [0.4, 0.5) is 5.69 Å². The predicted octanol–water partition coefficient (Wildman–Crippen LogP) is 4.18. The first-order valence-electron chi connectivity index (χ1n) is 14.1. The number of carbonyl (C=O) groups is 1. The van der Waals surface area contributed by atoms with Crippen LogP contribution < -0.4 is 9.64 Å². The minimum absolute atomic E-state index is 0.116. The summed E-state index contributed by atoms with van der Waals surface area (Å²) in [7, 11) is 5.94. The molecule has 0 aromatic heterocycles. The second-order valence-electron chi connectivity index (χ2n) is 12.1. The van der Waals surface area contributed by atoms with Crippen LogP contribution in [-0.2, 0) is 16.6 Å². The number of hydrogen-bond donors (Lipinski definition) is 1. The van der Waals surface area contributed by atoms with Crippen molar-refractivity contribution in [3.63, 3.8) is 0 Å². The lowest BCUT2D eigenvalue weighted by Gasteiger charge is -2.60. The normalized spacial score (nSPS) is 28.0. The number of likely N-dealkylation sites (N-methyl/N-ethyl adjacent to an activating group) is 1. The molecule has 0 unspecified atom stereocenters. The second kappa shape index (κ2) is 9.34. The summed E-state index contributed by atoms with van der Waals surface area (Å²) >= 11 is 0. The Hall–Kier alpha value is -3.43. The highest BCUT2D eigenvalue weighted by Crippen LogP contribution is 2.65. The van der Waals surface area contributed by atoms with E-state index in [1.807, 2.05) is 51.5 Å². The molecule has 1 saturated carbocycles. The zero-order valence-electron chi connectivity index (χ0n) is 23.8. The Kier molecular flexibility index (Phi) is 6.19. The van der Waals surface area contributed by atoms with Crippen molar-refractivity contribution in [2.75, 3.05) is 39.1 Å². The first-order valence-corrected chi connectivity index (χ1v) is 14.1. The van der Waals surface area contributed by atoms with Gasteiger partial charge in [0.25, 0.3) is 5.91 Å². The molecule has 2 fully saturated rings. The van der Waals surface area contributed by atoms with Gasteiger partial charge in [-0.2, -0.15) is 0 Å². The number of benzene rings is 2. The maximum Gasteiger partial charge on any atom is 0.298 e. The van der Waals surface area contributed by atoms with Crippen LogP contribution >= 0.6 is 0 Å². The third-order valence-electron chi connectivity index (χ3n) is 9.99. The van der Waals surface area contributed by atoms with Gasteiger partial charge in [-0.1, -0.05) is 18.1 Å². The number of nitrogens with zero attached hydrogens (tertiary/aromatic N) is 3. The average Bonchev–Trinajstić information content (AvgIpc) is 3.26. The molecule has 2 heterocycles. The highest BCUT2D eigenvalue weighted by atomic mass is 16.5. The molecule has 4 aliphatic rings. The van der Waals surface area contributed by atoms with Crippen molar-refractivity contribution in [1.82, 2.24) is 9.80 Å². The van der Waals surface area contributed by atoms with Crippen molar-refractivity contribution < 1.29 is 14.6 Å². The van der Waals surface area contributed by atoms with Crippen LogP contribution in [0.5, 0.6) is 11.5 Å². The fourth-order valence-corrected chi connectivity index (χ4v) is 8.04. The van der Waals surface area contributed by atoms with Gasteiger partial charge in [0.05, 0.1) is 6.04 Å². The minimum Gasteiger partial charge on any atom is -0.504 e. The van der Waals surface area contributed by atoms with Crippen molar-refractivity contribution in [2.45, 2.75) is 63.1 Å². The van der Waals surface area contributed by atoms with E-state index in [-0.39, 0.29) is 29.2 Å². The molecule has 2 aromatic carbocycles. The molecule has 204 valence electrons. The molecule has 1 N–H and O–H groups in total. The van der Waals surface area contributed by atoms with Gasteiger partial charge in [0.15, 0.2) is 11.5 Å². The van der Waals surface area contributed by atoms with Gasteiger partial charge in [0.2, 0.25) is 0 Å². The van der Waals surface area contributed by atoms with Crippen molar-refractivity contribution >= 4 is 11.6 Å². The quantitative estimate of drug-likeness (QED) is 0.480. The Morgan fingerprint density at radius 3 is 2.74 bits per heavy atom. The van der Waals surface area contributed by atoms with E-state index in [9.17, 15) is 9.90 Å². The van der Waals surface area contributed by atoms with Crippen LogP contribution in [0.3, 0.4) is 0 Å². The molecule has 2 bridgehead atoms. The number of aryl methyl sites for hydroxylation is 2. The largest absolute Gasteiger partial charge is 0.504 e. The lowest BCUT2D eigenvalue weighted by molar-refractivity contribution is -0.134. The fraction of sp³-hybridized carbons (Fsp3) is 0.485. The summed E-state index contributed by atoms with van der Waals surface area (Å²) < 4.78 is 6.77. The standard InChI is InChI=1S/C33H39N3O3/c1-7-15-36-16-14-33-24-11-12-25(35(6)29(38)13-10-22-9-8-20(2)21(3)17-22)32(33)39-31-28(37)19-26(34(4)5)23(30(31)33)18-27(24)36/h7-9,17,19,24-25,27,32,37H,1,11-12,14-16,18H2,2-6H3/t24-,25+,27+,32-,33-/m0/s1. The van der Waals surface area contributed by atoms with E-state index in [1.165, 1.54) is 22.3 Å². The summed E-state index contributed by atoms with van der Waals surface area (Å²) in [5.74, 6) is 7.04. The van der Waals surface area contributed by atoms with Crippen LogP contribution in [0.15, 0.2) is 36.9 Å². The van der Waals surface area contributed by atoms with Gasteiger partial charge in [-0.05, 0) is 80.8 Å². The molecular formula is C33H39N3O3. The number of phenolic OH excluding ortho intramolecular Hbond substituents is 1. The molecule has 39 heavy (non-hydrogen) atoms. The fourth-order valence-electron chi connectivity index (χ4n) is 8.04. The van der Waals surface area contributed by atoms with Gasteiger partial charge in [0.1, 0.15) is 6.10 Å². The molecule has 2 aliphatic heterocycles. The smallest absolute Gasteiger partial charge is 0.298 e. The zero-order valence-corrected chi connectivity index (χ0v) is 23.8. The number of ether oxygens (including phenoxy) is 1. The highest BCUT2D eigenvalue weighted by Gasteiger charge is 2.66. The second-order valence-corrected chi connectivity index (χ2v) is 12.1. The van der Waals surface area contributed by atoms with Crippen LogP contribution in [0.1, 0.15) is 47.1 Å². The van der Waals surface area contributed by atoms with Crippen molar-refractivity contribution in [3.05, 3.63) is 64.7 Å². The maximum atomic E-state index is 13.4. The Balaban J connectivity index is 1.39. The van der Waals surface area contributed by atoms with E-state index in [0.29, 0.717) is 17.7 Å². The highest BCUT2D eigenvalue weighted by molar-refractivity contribution is 5.94. The number of phenols is 1. The molecule has 1 spiro atoms. The summed E-state index contributed by atoms with van der Waals surface area (Å²) in [6.45, 7) is 9.99. The van der Waals surface area contributed by atoms with E-state index >= 15 is 0 Å². The number of amides is 1. The number of anilines is 1. The SMILES string of the molecule is C=CCN1CC[C@]23c4c5c(N(C)C)cc(O)c4O[C@H]2[C@H](N(C)C(=O)C#Cc2ccc(C)c(C)c2)CC[C@H]3[C@H]1C5. The number of carbonyl (C=O) groups excluding carboxylic acids is 1. The molecule has 2 aromatic rings. The predicted molar refractivity (Wildman–Crippen MR) is 154 cm³/mol. The number of aromatic hydroxyl groups is 1.